The summed E-state index contributed by atoms with van der Waals surface area (Å²) < 4.78 is 3.95. The summed E-state index contributed by atoms with van der Waals surface area (Å²) in [4.78, 5) is 16.5. The van der Waals surface area contributed by atoms with Gasteiger partial charge in [0, 0.05) is 31.6 Å². The molecule has 0 unspecified atom stereocenters. The summed E-state index contributed by atoms with van der Waals surface area (Å²) in [5, 5.41) is 1.73. The van der Waals surface area contributed by atoms with Gasteiger partial charge >= 0.3 is 0 Å². The Bertz CT molecular complexity index is 446. The average Bonchev–Trinajstić information content (AvgIpc) is 2.97. The fourth-order valence-electron chi connectivity index (χ4n) is 2.56. The van der Waals surface area contributed by atoms with Crippen LogP contribution in [0, 0.1) is 5.92 Å². The van der Waals surface area contributed by atoms with E-state index in [-0.39, 0.29) is 5.91 Å². The molecule has 0 bridgehead atoms. The lowest BCUT2D eigenvalue weighted by Crippen LogP contribution is -2.34. The van der Waals surface area contributed by atoms with Crippen LogP contribution in [0.4, 0.5) is 5.82 Å². The van der Waals surface area contributed by atoms with Crippen LogP contribution in [-0.4, -0.2) is 52.8 Å². The van der Waals surface area contributed by atoms with Crippen LogP contribution >= 0.6 is 11.5 Å². The van der Waals surface area contributed by atoms with Crippen LogP contribution in [0.2, 0.25) is 0 Å². The van der Waals surface area contributed by atoms with Gasteiger partial charge in [0.2, 0.25) is 0 Å². The zero-order valence-corrected chi connectivity index (χ0v) is 12.6. The molecule has 2 heterocycles. The first-order chi connectivity index (χ1) is 8.99. The van der Waals surface area contributed by atoms with E-state index in [1.54, 1.807) is 10.3 Å². The molecule has 0 aromatic carbocycles. The number of hydrogen-bond donors (Lipinski definition) is 1. The maximum absolute atomic E-state index is 12.2. The number of amides is 1. The molecule has 1 aliphatic heterocycles. The first-order valence-electron chi connectivity index (χ1n) is 6.68. The normalized spacial score (nSPS) is 20.1. The van der Waals surface area contributed by atoms with Gasteiger partial charge in [0.25, 0.3) is 5.91 Å². The van der Waals surface area contributed by atoms with Crippen molar-refractivity contribution in [2.24, 2.45) is 5.92 Å². The lowest BCUT2D eigenvalue weighted by atomic mass is 10.1. The minimum atomic E-state index is -0.0192. The molecule has 1 atom stereocenters. The highest BCUT2D eigenvalue weighted by Gasteiger charge is 2.27. The van der Waals surface area contributed by atoms with E-state index in [0.29, 0.717) is 23.3 Å². The van der Waals surface area contributed by atoms with Gasteiger partial charge in [-0.25, -0.2) is 0 Å². The molecule has 1 saturated heterocycles. The van der Waals surface area contributed by atoms with Crippen LogP contribution < -0.4 is 5.73 Å². The lowest BCUT2D eigenvalue weighted by molar-refractivity contribution is 0.0774. The van der Waals surface area contributed by atoms with Gasteiger partial charge < -0.3 is 15.5 Å². The predicted molar refractivity (Wildman–Crippen MR) is 78.3 cm³/mol. The SMILES string of the molecule is CC(C)N1CC[C@H](CN(C)C(=O)c2csnc2N)C1. The van der Waals surface area contributed by atoms with Crippen molar-refractivity contribution in [1.29, 1.82) is 0 Å². The molecule has 1 amide bonds. The molecule has 5 nitrogen and oxygen atoms in total. The molecule has 0 aliphatic carbocycles. The first-order valence-corrected chi connectivity index (χ1v) is 7.52. The van der Waals surface area contributed by atoms with E-state index in [4.69, 9.17) is 5.73 Å². The summed E-state index contributed by atoms with van der Waals surface area (Å²) in [5.74, 6) is 0.885. The van der Waals surface area contributed by atoms with Crippen LogP contribution in [0.1, 0.15) is 30.6 Å². The first kappa shape index (κ1) is 14.3. The number of carbonyl (C=O) groups is 1. The molecular weight excluding hydrogens is 260 g/mol. The Morgan fingerprint density at radius 1 is 1.68 bits per heavy atom. The number of rotatable bonds is 4. The summed E-state index contributed by atoms with van der Waals surface area (Å²) >= 11 is 1.23. The van der Waals surface area contributed by atoms with E-state index in [9.17, 15) is 4.79 Å². The van der Waals surface area contributed by atoms with Gasteiger partial charge in [0.1, 0.15) is 5.82 Å². The fraction of sp³-hybridized carbons (Fsp3) is 0.692. The zero-order chi connectivity index (χ0) is 14.0. The van der Waals surface area contributed by atoms with E-state index < -0.39 is 0 Å². The number of nitrogens with zero attached hydrogens (tertiary/aromatic N) is 3. The molecule has 1 fully saturated rings. The molecule has 0 radical (unpaired) electrons. The van der Waals surface area contributed by atoms with Crippen LogP contribution in [0.5, 0.6) is 0 Å². The number of carbonyl (C=O) groups excluding carboxylic acids is 1. The van der Waals surface area contributed by atoms with E-state index >= 15 is 0 Å². The number of aromatic nitrogens is 1. The molecule has 6 heteroatoms. The van der Waals surface area contributed by atoms with Crippen molar-refractivity contribution in [3.05, 3.63) is 10.9 Å². The summed E-state index contributed by atoms with van der Waals surface area (Å²) in [6.07, 6.45) is 1.16. The maximum atomic E-state index is 12.2. The Kier molecular flexibility index (Phi) is 4.42. The highest BCUT2D eigenvalue weighted by Crippen LogP contribution is 2.21. The molecule has 0 saturated carbocycles. The second-order valence-electron chi connectivity index (χ2n) is 5.54. The third kappa shape index (κ3) is 3.25. The monoisotopic (exact) mass is 282 g/mol. The van der Waals surface area contributed by atoms with Crippen LogP contribution in [0.3, 0.4) is 0 Å². The topological polar surface area (TPSA) is 62.5 Å². The van der Waals surface area contributed by atoms with Crippen molar-refractivity contribution in [3.8, 4) is 0 Å². The maximum Gasteiger partial charge on any atom is 0.258 e. The molecule has 2 rings (SSSR count). The van der Waals surface area contributed by atoms with Crippen molar-refractivity contribution < 1.29 is 4.79 Å². The standard InChI is InChI=1S/C13H22N4OS/c1-9(2)17-5-4-10(7-17)6-16(3)13(18)11-8-19-15-12(11)14/h8-10H,4-7H2,1-3H3,(H2,14,15)/t10-/m1/s1. The van der Waals surface area contributed by atoms with Crippen molar-refractivity contribution in [3.63, 3.8) is 0 Å². The van der Waals surface area contributed by atoms with Gasteiger partial charge in [0.15, 0.2) is 0 Å². The molecule has 1 aliphatic rings. The Balaban J connectivity index is 1.90. The molecule has 0 spiro atoms. The third-order valence-electron chi connectivity index (χ3n) is 3.75. The summed E-state index contributed by atoms with van der Waals surface area (Å²) in [6, 6.07) is 0.586. The summed E-state index contributed by atoms with van der Waals surface area (Å²) in [6.45, 7) is 7.43. The minimum absolute atomic E-state index is 0.0192. The van der Waals surface area contributed by atoms with Crippen molar-refractivity contribution in [2.75, 3.05) is 32.4 Å². The Morgan fingerprint density at radius 3 is 2.95 bits per heavy atom. The average molecular weight is 282 g/mol. The van der Waals surface area contributed by atoms with Crippen LogP contribution in [-0.2, 0) is 0 Å². The van der Waals surface area contributed by atoms with Crippen molar-refractivity contribution in [2.45, 2.75) is 26.3 Å². The number of nitrogen functional groups attached to an aromatic ring is 1. The summed E-state index contributed by atoms with van der Waals surface area (Å²) in [5.41, 5.74) is 6.23. The Hall–Kier alpha value is -1.14. The second-order valence-corrected chi connectivity index (χ2v) is 6.17. The van der Waals surface area contributed by atoms with Gasteiger partial charge in [-0.15, -0.1) is 0 Å². The van der Waals surface area contributed by atoms with Crippen molar-refractivity contribution >= 4 is 23.3 Å². The third-order valence-corrected chi connectivity index (χ3v) is 4.40. The molecule has 1 aromatic rings. The van der Waals surface area contributed by atoms with Gasteiger partial charge in [-0.05, 0) is 44.3 Å². The predicted octanol–water partition coefficient (Wildman–Crippen LogP) is 1.53. The highest BCUT2D eigenvalue weighted by molar-refractivity contribution is 7.04. The number of anilines is 1. The Morgan fingerprint density at radius 2 is 2.42 bits per heavy atom. The van der Waals surface area contributed by atoms with Gasteiger partial charge in [-0.3, -0.25) is 4.79 Å². The molecule has 2 N–H and O–H groups in total. The highest BCUT2D eigenvalue weighted by atomic mass is 32.1. The minimum Gasteiger partial charge on any atom is -0.382 e. The van der Waals surface area contributed by atoms with E-state index in [1.165, 1.54) is 11.5 Å². The van der Waals surface area contributed by atoms with Crippen LogP contribution in [0.25, 0.3) is 0 Å². The zero-order valence-electron chi connectivity index (χ0n) is 11.8. The Labute approximate surface area is 118 Å². The van der Waals surface area contributed by atoms with Crippen molar-refractivity contribution in [1.82, 2.24) is 14.2 Å². The smallest absolute Gasteiger partial charge is 0.258 e. The molecule has 1 aromatic heterocycles. The second kappa shape index (κ2) is 5.88. The molecule has 106 valence electrons. The summed E-state index contributed by atoms with van der Waals surface area (Å²) in [7, 11) is 1.84. The number of nitrogens with two attached hydrogens (primary N) is 1. The molecule has 19 heavy (non-hydrogen) atoms. The number of hydrogen-bond acceptors (Lipinski definition) is 5. The van der Waals surface area contributed by atoms with E-state index in [2.05, 4.69) is 23.1 Å². The largest absolute Gasteiger partial charge is 0.382 e. The van der Waals surface area contributed by atoms with Gasteiger partial charge in [-0.2, -0.15) is 4.37 Å². The van der Waals surface area contributed by atoms with E-state index in [0.717, 1.165) is 26.1 Å². The van der Waals surface area contributed by atoms with E-state index in [1.807, 2.05) is 7.05 Å². The van der Waals surface area contributed by atoms with Gasteiger partial charge in [-0.1, -0.05) is 0 Å². The van der Waals surface area contributed by atoms with Crippen LogP contribution in [0.15, 0.2) is 5.38 Å². The number of likely N-dealkylation sites (tertiary alicyclic amines) is 1. The molecular formula is C13H22N4OS. The lowest BCUT2D eigenvalue weighted by Gasteiger charge is -2.23. The quantitative estimate of drug-likeness (QED) is 0.909. The van der Waals surface area contributed by atoms with Gasteiger partial charge in [0.05, 0.1) is 5.56 Å². The fourth-order valence-corrected chi connectivity index (χ4v) is 3.15.